The van der Waals surface area contributed by atoms with E-state index < -0.39 is 5.25 Å². The molecule has 5 nitrogen and oxygen atoms in total. The van der Waals surface area contributed by atoms with Crippen LogP contribution in [0.4, 0.5) is 5.69 Å². The summed E-state index contributed by atoms with van der Waals surface area (Å²) in [5.74, 6) is -0.324. The number of aryl methyl sites for hydroxylation is 2. The molecule has 1 saturated heterocycles. The van der Waals surface area contributed by atoms with Crippen LogP contribution in [-0.2, 0) is 9.59 Å². The van der Waals surface area contributed by atoms with Crippen LogP contribution in [0.1, 0.15) is 17.5 Å². The normalized spacial score (nSPS) is 20.1. The van der Waals surface area contributed by atoms with Crippen molar-refractivity contribution in [1.82, 2.24) is 5.32 Å². The van der Waals surface area contributed by atoms with Gasteiger partial charge < -0.3 is 10.6 Å². The average molecular weight is 291 g/mol. The Morgan fingerprint density at radius 1 is 1.45 bits per heavy atom. The molecule has 0 radical (unpaired) electrons. The Kier molecular flexibility index (Phi) is 4.44. The quantitative estimate of drug-likeness (QED) is 0.893. The van der Waals surface area contributed by atoms with Gasteiger partial charge in [0.25, 0.3) is 0 Å². The van der Waals surface area contributed by atoms with Crippen LogP contribution < -0.4 is 10.6 Å². The van der Waals surface area contributed by atoms with E-state index in [9.17, 15) is 9.59 Å². The van der Waals surface area contributed by atoms with Crippen molar-refractivity contribution in [3.63, 3.8) is 0 Å². The molecule has 0 bridgehead atoms. The van der Waals surface area contributed by atoms with Crippen LogP contribution in [-0.4, -0.2) is 29.3 Å². The number of carbonyl (C=O) groups excluding carboxylic acids is 2. The minimum Gasteiger partial charge on any atom is -0.326 e. The second-order valence-electron chi connectivity index (χ2n) is 4.70. The molecule has 106 valence electrons. The number of aliphatic imine (C=N–C) groups is 1. The molecule has 0 aromatic heterocycles. The lowest BCUT2D eigenvalue weighted by molar-refractivity contribution is -0.122. The summed E-state index contributed by atoms with van der Waals surface area (Å²) in [6.45, 7) is 3.91. The van der Waals surface area contributed by atoms with Crippen molar-refractivity contribution in [2.24, 2.45) is 4.99 Å². The van der Waals surface area contributed by atoms with E-state index in [-0.39, 0.29) is 18.2 Å². The first-order valence-corrected chi connectivity index (χ1v) is 7.19. The number of hydrogen-bond donors (Lipinski definition) is 2. The number of hydrogen-bond acceptors (Lipinski definition) is 4. The van der Waals surface area contributed by atoms with Crippen LogP contribution in [0.3, 0.4) is 0 Å². The smallest absolute Gasteiger partial charge is 0.240 e. The van der Waals surface area contributed by atoms with E-state index in [1.54, 1.807) is 7.05 Å². The Balaban J connectivity index is 1.99. The maximum absolute atomic E-state index is 12.0. The largest absolute Gasteiger partial charge is 0.326 e. The number of rotatable bonds is 3. The van der Waals surface area contributed by atoms with Gasteiger partial charge in [0.05, 0.1) is 0 Å². The summed E-state index contributed by atoms with van der Waals surface area (Å²) in [5, 5.41) is 5.66. The molecule has 1 aromatic rings. The maximum atomic E-state index is 12.0. The molecule has 1 aromatic carbocycles. The van der Waals surface area contributed by atoms with Gasteiger partial charge in [0.2, 0.25) is 11.8 Å². The number of anilines is 1. The molecule has 1 atom stereocenters. The Labute approximate surface area is 122 Å². The van der Waals surface area contributed by atoms with Gasteiger partial charge in [0.1, 0.15) is 5.25 Å². The third-order valence-corrected chi connectivity index (χ3v) is 4.19. The van der Waals surface area contributed by atoms with Gasteiger partial charge in [-0.05, 0) is 31.0 Å². The second-order valence-corrected chi connectivity index (χ2v) is 5.89. The summed E-state index contributed by atoms with van der Waals surface area (Å²) in [5.41, 5.74) is 2.88. The molecule has 1 aliphatic heterocycles. The van der Waals surface area contributed by atoms with Crippen molar-refractivity contribution < 1.29 is 9.59 Å². The first kappa shape index (κ1) is 14.6. The Bertz CT molecular complexity index is 584. The highest BCUT2D eigenvalue weighted by Gasteiger charge is 2.31. The van der Waals surface area contributed by atoms with Crippen LogP contribution >= 0.6 is 11.8 Å². The minimum atomic E-state index is -0.404. The highest BCUT2D eigenvalue weighted by molar-refractivity contribution is 8.15. The minimum absolute atomic E-state index is 0.142. The number of benzene rings is 1. The third kappa shape index (κ3) is 3.39. The summed E-state index contributed by atoms with van der Waals surface area (Å²) in [6.07, 6.45) is 0.142. The number of thioether (sulfide) groups is 1. The predicted molar refractivity (Wildman–Crippen MR) is 82.0 cm³/mol. The molecule has 1 aliphatic rings. The summed E-state index contributed by atoms with van der Waals surface area (Å²) in [4.78, 5) is 27.6. The van der Waals surface area contributed by atoms with Gasteiger partial charge >= 0.3 is 0 Å². The molecule has 20 heavy (non-hydrogen) atoms. The summed E-state index contributed by atoms with van der Waals surface area (Å²) in [6, 6.07) is 5.88. The van der Waals surface area contributed by atoms with Crippen molar-refractivity contribution in [3.8, 4) is 0 Å². The monoisotopic (exact) mass is 291 g/mol. The van der Waals surface area contributed by atoms with E-state index in [0.717, 1.165) is 16.8 Å². The predicted octanol–water partition coefficient (Wildman–Crippen LogP) is 1.85. The molecular weight excluding hydrogens is 274 g/mol. The molecule has 2 rings (SSSR count). The molecule has 0 spiro atoms. The van der Waals surface area contributed by atoms with Gasteiger partial charge in [-0.25, -0.2) is 0 Å². The zero-order chi connectivity index (χ0) is 14.7. The van der Waals surface area contributed by atoms with Crippen LogP contribution in [0, 0.1) is 13.8 Å². The highest BCUT2D eigenvalue weighted by atomic mass is 32.2. The van der Waals surface area contributed by atoms with E-state index in [1.807, 2.05) is 32.0 Å². The zero-order valence-electron chi connectivity index (χ0n) is 11.7. The van der Waals surface area contributed by atoms with Gasteiger partial charge in [-0.2, -0.15) is 0 Å². The van der Waals surface area contributed by atoms with Crippen molar-refractivity contribution >= 4 is 34.4 Å². The maximum Gasteiger partial charge on any atom is 0.240 e. The van der Waals surface area contributed by atoms with Gasteiger partial charge in [-0.3, -0.25) is 14.6 Å². The van der Waals surface area contributed by atoms with E-state index in [0.29, 0.717) is 5.17 Å². The molecular formula is C14H17N3O2S. The van der Waals surface area contributed by atoms with Crippen molar-refractivity contribution in [2.75, 3.05) is 12.4 Å². The number of nitrogens with one attached hydrogen (secondary N) is 2. The van der Waals surface area contributed by atoms with E-state index in [2.05, 4.69) is 15.6 Å². The fraction of sp³-hybridized carbons (Fsp3) is 0.357. The van der Waals surface area contributed by atoms with Crippen molar-refractivity contribution in [1.29, 1.82) is 0 Å². The Hall–Kier alpha value is -1.82. The third-order valence-electron chi connectivity index (χ3n) is 3.02. The number of amides is 2. The summed E-state index contributed by atoms with van der Waals surface area (Å²) >= 11 is 1.29. The standard InChI is InChI=1S/C14H17N3O2S/c1-8-4-5-9(2)10(6-8)16-12(18)7-11-13(19)17-14(15-3)20-11/h4-6,11H,7H2,1-3H3,(H,16,18)(H,15,17,19)/t11-/m0/s1. The second kappa shape index (κ2) is 6.09. The van der Waals surface area contributed by atoms with Gasteiger partial charge in [-0.1, -0.05) is 23.9 Å². The van der Waals surface area contributed by atoms with Gasteiger partial charge in [0, 0.05) is 19.2 Å². The molecule has 1 fully saturated rings. The van der Waals surface area contributed by atoms with Crippen LogP contribution in [0.2, 0.25) is 0 Å². The van der Waals surface area contributed by atoms with Gasteiger partial charge in [0.15, 0.2) is 5.17 Å². The zero-order valence-corrected chi connectivity index (χ0v) is 12.5. The SMILES string of the molecule is CN=C1NC(=O)[C@H](CC(=O)Nc2cc(C)ccc2C)S1. The molecule has 2 N–H and O–H groups in total. The van der Waals surface area contributed by atoms with E-state index >= 15 is 0 Å². The molecule has 2 amide bonds. The lowest BCUT2D eigenvalue weighted by atomic mass is 10.1. The first-order chi connectivity index (χ1) is 9.49. The van der Waals surface area contributed by atoms with Gasteiger partial charge in [-0.15, -0.1) is 0 Å². The molecule has 0 aliphatic carbocycles. The lowest BCUT2D eigenvalue weighted by Crippen LogP contribution is -2.28. The molecule has 0 saturated carbocycles. The Morgan fingerprint density at radius 3 is 2.85 bits per heavy atom. The van der Waals surface area contributed by atoms with E-state index in [4.69, 9.17) is 0 Å². The first-order valence-electron chi connectivity index (χ1n) is 6.31. The fourth-order valence-electron chi connectivity index (χ4n) is 1.89. The lowest BCUT2D eigenvalue weighted by Gasteiger charge is -2.10. The van der Waals surface area contributed by atoms with Crippen molar-refractivity contribution in [3.05, 3.63) is 29.3 Å². The number of amidine groups is 1. The molecule has 0 unspecified atom stereocenters. The number of nitrogens with zero attached hydrogens (tertiary/aromatic N) is 1. The fourth-order valence-corrected chi connectivity index (χ4v) is 2.82. The average Bonchev–Trinajstić information content (AvgIpc) is 2.74. The van der Waals surface area contributed by atoms with Crippen LogP contribution in [0.5, 0.6) is 0 Å². The molecule has 1 heterocycles. The summed E-state index contributed by atoms with van der Waals surface area (Å²) in [7, 11) is 1.61. The molecule has 6 heteroatoms. The number of carbonyl (C=O) groups is 2. The topological polar surface area (TPSA) is 70.6 Å². The summed E-state index contributed by atoms with van der Waals surface area (Å²) < 4.78 is 0. The van der Waals surface area contributed by atoms with Crippen molar-refractivity contribution in [2.45, 2.75) is 25.5 Å². The van der Waals surface area contributed by atoms with E-state index in [1.165, 1.54) is 11.8 Å². The highest BCUT2D eigenvalue weighted by Crippen LogP contribution is 2.23. The van der Waals surface area contributed by atoms with Crippen LogP contribution in [0.25, 0.3) is 0 Å². The van der Waals surface area contributed by atoms with Crippen LogP contribution in [0.15, 0.2) is 23.2 Å². The Morgan fingerprint density at radius 2 is 2.20 bits per heavy atom.